The van der Waals surface area contributed by atoms with Crippen molar-refractivity contribution in [3.63, 3.8) is 0 Å². The van der Waals surface area contributed by atoms with E-state index in [0.29, 0.717) is 17.3 Å². The monoisotopic (exact) mass is 241 g/mol. The van der Waals surface area contributed by atoms with E-state index in [9.17, 15) is 0 Å². The fourth-order valence-corrected chi connectivity index (χ4v) is 3.55. The van der Waals surface area contributed by atoms with Crippen LogP contribution < -0.4 is 10.6 Å². The van der Waals surface area contributed by atoms with Crippen LogP contribution >= 0.6 is 0 Å². The van der Waals surface area contributed by atoms with Gasteiger partial charge in [-0.05, 0) is 43.4 Å². The summed E-state index contributed by atoms with van der Waals surface area (Å²) in [4.78, 5) is 2.49. The second kappa shape index (κ2) is 4.53. The molecule has 1 aliphatic carbocycles. The molecule has 0 bridgehead atoms. The fourth-order valence-electron chi connectivity index (χ4n) is 3.55. The van der Waals surface area contributed by atoms with Crippen LogP contribution in [0.15, 0.2) is 18.2 Å². The number of benzene rings is 1. The lowest BCUT2D eigenvalue weighted by Gasteiger charge is -2.33. The van der Waals surface area contributed by atoms with Crippen molar-refractivity contribution in [3.8, 4) is 6.07 Å². The van der Waals surface area contributed by atoms with Crippen LogP contribution in [0.25, 0.3) is 0 Å². The van der Waals surface area contributed by atoms with Gasteiger partial charge in [-0.25, -0.2) is 0 Å². The first kappa shape index (κ1) is 11.4. The molecular formula is C15H19N3. The Morgan fingerprint density at radius 2 is 2.06 bits per heavy atom. The molecule has 1 saturated carbocycles. The quantitative estimate of drug-likeness (QED) is 0.769. The van der Waals surface area contributed by atoms with E-state index in [1.165, 1.54) is 37.8 Å². The molecule has 1 aromatic carbocycles. The van der Waals surface area contributed by atoms with Crippen LogP contribution in [0.3, 0.4) is 0 Å². The normalized spacial score (nSPS) is 26.7. The molecule has 3 rings (SSSR count). The van der Waals surface area contributed by atoms with Crippen molar-refractivity contribution in [1.29, 1.82) is 5.26 Å². The standard InChI is InChI=1S/C15H19N3/c16-10-12-9-13(5-6-14(12)17)18-8-7-11-3-1-2-4-15(11)18/h5-6,9,11,15H,1-4,7-8,17H2. The summed E-state index contributed by atoms with van der Waals surface area (Å²) in [7, 11) is 0. The molecule has 3 nitrogen and oxygen atoms in total. The first-order valence-electron chi connectivity index (χ1n) is 6.86. The van der Waals surface area contributed by atoms with E-state index in [2.05, 4.69) is 17.0 Å². The Balaban J connectivity index is 1.89. The molecule has 2 N–H and O–H groups in total. The number of anilines is 2. The maximum Gasteiger partial charge on any atom is 0.101 e. The van der Waals surface area contributed by atoms with Crippen LogP contribution in [-0.4, -0.2) is 12.6 Å². The zero-order valence-electron chi connectivity index (χ0n) is 10.6. The molecule has 1 aliphatic heterocycles. The molecule has 18 heavy (non-hydrogen) atoms. The number of fused-ring (bicyclic) bond motifs is 1. The van der Waals surface area contributed by atoms with Gasteiger partial charge in [0.2, 0.25) is 0 Å². The number of nitriles is 1. The lowest BCUT2D eigenvalue weighted by molar-refractivity contribution is 0.342. The zero-order valence-corrected chi connectivity index (χ0v) is 10.6. The van der Waals surface area contributed by atoms with E-state index >= 15 is 0 Å². The van der Waals surface area contributed by atoms with Gasteiger partial charge >= 0.3 is 0 Å². The molecule has 0 spiro atoms. The largest absolute Gasteiger partial charge is 0.398 e. The number of hydrogen-bond acceptors (Lipinski definition) is 3. The molecule has 1 heterocycles. The van der Waals surface area contributed by atoms with Crippen molar-refractivity contribution >= 4 is 11.4 Å². The molecule has 2 unspecified atom stereocenters. The minimum Gasteiger partial charge on any atom is -0.398 e. The van der Waals surface area contributed by atoms with Crippen LogP contribution in [0.1, 0.15) is 37.7 Å². The van der Waals surface area contributed by atoms with Crippen LogP contribution in [0.2, 0.25) is 0 Å². The molecule has 2 atom stereocenters. The maximum atomic E-state index is 9.07. The Kier molecular flexibility index (Phi) is 2.87. The van der Waals surface area contributed by atoms with Crippen LogP contribution in [0, 0.1) is 17.2 Å². The van der Waals surface area contributed by atoms with E-state index in [4.69, 9.17) is 11.0 Å². The molecule has 2 fully saturated rings. The van der Waals surface area contributed by atoms with Crippen LogP contribution in [0.5, 0.6) is 0 Å². The van der Waals surface area contributed by atoms with Crippen molar-refractivity contribution in [2.24, 2.45) is 5.92 Å². The van der Waals surface area contributed by atoms with E-state index < -0.39 is 0 Å². The minimum atomic E-state index is 0.584. The Morgan fingerprint density at radius 1 is 1.22 bits per heavy atom. The summed E-state index contributed by atoms with van der Waals surface area (Å²) in [6.45, 7) is 1.13. The molecule has 0 radical (unpaired) electrons. The van der Waals surface area contributed by atoms with Crippen LogP contribution in [0.4, 0.5) is 11.4 Å². The van der Waals surface area contributed by atoms with Gasteiger partial charge < -0.3 is 10.6 Å². The molecule has 94 valence electrons. The smallest absolute Gasteiger partial charge is 0.101 e. The third kappa shape index (κ3) is 1.82. The average Bonchev–Trinajstić information content (AvgIpc) is 2.83. The lowest BCUT2D eigenvalue weighted by atomic mass is 9.85. The summed E-state index contributed by atoms with van der Waals surface area (Å²) < 4.78 is 0. The molecule has 0 aromatic heterocycles. The Hall–Kier alpha value is -1.69. The van der Waals surface area contributed by atoms with Crippen molar-refractivity contribution in [1.82, 2.24) is 0 Å². The van der Waals surface area contributed by atoms with Gasteiger partial charge in [-0.15, -0.1) is 0 Å². The van der Waals surface area contributed by atoms with Gasteiger partial charge in [0.25, 0.3) is 0 Å². The highest BCUT2D eigenvalue weighted by Crippen LogP contribution is 2.39. The number of nitrogens with zero attached hydrogens (tertiary/aromatic N) is 2. The summed E-state index contributed by atoms with van der Waals surface area (Å²) in [6.07, 6.45) is 6.72. The van der Waals surface area contributed by atoms with E-state index in [1.54, 1.807) is 0 Å². The molecular weight excluding hydrogens is 222 g/mol. The van der Waals surface area contributed by atoms with E-state index in [-0.39, 0.29) is 0 Å². The van der Waals surface area contributed by atoms with Crippen molar-refractivity contribution in [3.05, 3.63) is 23.8 Å². The van der Waals surface area contributed by atoms with Crippen molar-refractivity contribution in [2.45, 2.75) is 38.1 Å². The highest BCUT2D eigenvalue weighted by atomic mass is 15.2. The molecule has 2 aliphatic rings. The SMILES string of the molecule is N#Cc1cc(N2CCC3CCCCC32)ccc1N. The predicted molar refractivity (Wildman–Crippen MR) is 73.3 cm³/mol. The fraction of sp³-hybridized carbons (Fsp3) is 0.533. The minimum absolute atomic E-state index is 0.584. The predicted octanol–water partition coefficient (Wildman–Crippen LogP) is 2.91. The highest BCUT2D eigenvalue weighted by Gasteiger charge is 2.35. The number of hydrogen-bond donors (Lipinski definition) is 1. The van der Waals surface area contributed by atoms with Gasteiger partial charge in [-0.3, -0.25) is 0 Å². The first-order valence-corrected chi connectivity index (χ1v) is 6.86. The number of rotatable bonds is 1. The van der Waals surface area contributed by atoms with E-state index in [0.717, 1.165) is 12.5 Å². The Morgan fingerprint density at radius 3 is 2.89 bits per heavy atom. The first-order chi connectivity index (χ1) is 8.79. The molecule has 0 amide bonds. The van der Waals surface area contributed by atoms with E-state index in [1.807, 2.05) is 12.1 Å². The Labute approximate surface area is 108 Å². The van der Waals surface area contributed by atoms with Gasteiger partial charge in [0.15, 0.2) is 0 Å². The summed E-state index contributed by atoms with van der Waals surface area (Å²) in [6, 6.07) is 8.75. The van der Waals surface area contributed by atoms with Gasteiger partial charge in [0, 0.05) is 24.0 Å². The number of nitrogens with two attached hydrogens (primary N) is 1. The second-order valence-corrected chi connectivity index (χ2v) is 5.48. The topological polar surface area (TPSA) is 53.0 Å². The third-order valence-corrected chi connectivity index (χ3v) is 4.50. The summed E-state index contributed by atoms with van der Waals surface area (Å²) in [5, 5.41) is 9.07. The molecule has 1 aromatic rings. The summed E-state index contributed by atoms with van der Waals surface area (Å²) in [5.41, 5.74) is 8.15. The summed E-state index contributed by atoms with van der Waals surface area (Å²) in [5.74, 6) is 0.863. The van der Waals surface area contributed by atoms with Gasteiger partial charge in [0.1, 0.15) is 6.07 Å². The second-order valence-electron chi connectivity index (χ2n) is 5.48. The Bertz CT molecular complexity index is 489. The highest BCUT2D eigenvalue weighted by molar-refractivity contribution is 5.63. The molecule has 3 heteroatoms. The van der Waals surface area contributed by atoms with Gasteiger partial charge in [-0.1, -0.05) is 12.8 Å². The van der Waals surface area contributed by atoms with Crippen LogP contribution in [-0.2, 0) is 0 Å². The average molecular weight is 241 g/mol. The lowest BCUT2D eigenvalue weighted by Crippen LogP contribution is -2.34. The van der Waals surface area contributed by atoms with Gasteiger partial charge in [-0.2, -0.15) is 5.26 Å². The summed E-state index contributed by atoms with van der Waals surface area (Å²) >= 11 is 0. The van der Waals surface area contributed by atoms with Crippen molar-refractivity contribution < 1.29 is 0 Å². The number of nitrogen functional groups attached to an aromatic ring is 1. The molecule has 1 saturated heterocycles. The third-order valence-electron chi connectivity index (χ3n) is 4.50. The maximum absolute atomic E-state index is 9.07. The zero-order chi connectivity index (χ0) is 12.5. The van der Waals surface area contributed by atoms with Gasteiger partial charge in [0.05, 0.1) is 5.56 Å². The van der Waals surface area contributed by atoms with Crippen molar-refractivity contribution in [2.75, 3.05) is 17.2 Å².